The minimum atomic E-state index is -0.372. The molecule has 5 rings (SSSR count). The van der Waals surface area contributed by atoms with Crippen LogP contribution in [-0.4, -0.2) is 26.7 Å². The Hall–Kier alpha value is -4.55. The van der Waals surface area contributed by atoms with Crippen molar-refractivity contribution in [2.24, 2.45) is 0 Å². The summed E-state index contributed by atoms with van der Waals surface area (Å²) < 4.78 is 7.41. The first kappa shape index (κ1) is 29.0. The first-order valence-corrected chi connectivity index (χ1v) is 14.3. The third-order valence-corrected chi connectivity index (χ3v) is 7.58. The molecule has 6 nitrogen and oxygen atoms in total. The second kappa shape index (κ2) is 13.9. The van der Waals surface area contributed by atoms with Gasteiger partial charge in [0.25, 0.3) is 0 Å². The monoisotopic (exact) mass is 577 g/mol. The molecule has 7 heteroatoms. The fraction of sp³-hybridized carbons (Fsp3) is 0.200. The molecule has 0 radical (unpaired) electrons. The molecule has 0 N–H and O–H groups in total. The van der Waals surface area contributed by atoms with E-state index in [1.165, 1.54) is 0 Å². The Morgan fingerprint density at radius 3 is 2.10 bits per heavy atom. The molecule has 1 aromatic heterocycles. The Labute approximate surface area is 250 Å². The lowest BCUT2D eigenvalue weighted by atomic mass is 9.76. The highest BCUT2D eigenvalue weighted by molar-refractivity contribution is 6.30. The van der Waals surface area contributed by atoms with Crippen LogP contribution in [-0.2, 0) is 22.7 Å². The second-order valence-electron chi connectivity index (χ2n) is 10.4. The molecule has 0 aliphatic rings. The van der Waals surface area contributed by atoms with E-state index in [1.807, 2.05) is 116 Å². The van der Waals surface area contributed by atoms with E-state index in [9.17, 15) is 9.59 Å². The van der Waals surface area contributed by atoms with Gasteiger partial charge in [-0.2, -0.15) is 0 Å². The zero-order valence-electron chi connectivity index (χ0n) is 23.4. The molecule has 5 aromatic rings. The Morgan fingerprint density at radius 2 is 1.40 bits per heavy atom. The minimum Gasteiger partial charge on any atom is -0.459 e. The van der Waals surface area contributed by atoms with Crippen LogP contribution in [0.3, 0.4) is 0 Å². The Bertz CT molecular complexity index is 1600. The number of halogens is 1. The van der Waals surface area contributed by atoms with Gasteiger partial charge in [-0.1, -0.05) is 119 Å². The van der Waals surface area contributed by atoms with E-state index < -0.39 is 0 Å². The van der Waals surface area contributed by atoms with E-state index in [0.717, 1.165) is 22.3 Å². The average Bonchev–Trinajstić information content (AvgIpc) is 3.46. The quantitative estimate of drug-likeness (QED) is 0.113. The SMILES string of the molecule is Cc1ccc(C(=O)C[C@@H](c2ccc(Cl)cc2)[C@@H](CC(=O)OCc2cn(Cc3ccccc3)nn2)c2ccccc2)cc1. The molecule has 4 aromatic carbocycles. The molecule has 0 aliphatic heterocycles. The number of Topliss-reactive ketones (excluding diaryl/α,β-unsaturated/α-hetero) is 1. The number of benzene rings is 4. The normalized spacial score (nSPS) is 12.4. The zero-order valence-corrected chi connectivity index (χ0v) is 24.2. The van der Waals surface area contributed by atoms with Gasteiger partial charge < -0.3 is 4.74 Å². The minimum absolute atomic E-state index is 0.0132. The van der Waals surface area contributed by atoms with Crippen molar-refractivity contribution in [1.82, 2.24) is 15.0 Å². The molecule has 0 spiro atoms. The van der Waals surface area contributed by atoms with Crippen LogP contribution in [0.4, 0.5) is 0 Å². The van der Waals surface area contributed by atoms with Gasteiger partial charge in [0.15, 0.2) is 5.78 Å². The van der Waals surface area contributed by atoms with Crippen molar-refractivity contribution in [3.63, 3.8) is 0 Å². The summed E-state index contributed by atoms with van der Waals surface area (Å²) in [6.07, 6.45) is 2.10. The maximum atomic E-state index is 13.5. The highest BCUT2D eigenvalue weighted by Crippen LogP contribution is 2.39. The number of esters is 1. The number of ether oxygens (including phenoxy) is 1. The lowest BCUT2D eigenvalue weighted by Gasteiger charge is -2.27. The van der Waals surface area contributed by atoms with Crippen LogP contribution in [0.5, 0.6) is 0 Å². The van der Waals surface area contributed by atoms with Gasteiger partial charge in [-0.05, 0) is 41.7 Å². The van der Waals surface area contributed by atoms with Gasteiger partial charge in [-0.3, -0.25) is 9.59 Å². The van der Waals surface area contributed by atoms with E-state index in [0.29, 0.717) is 22.8 Å². The number of ketones is 1. The van der Waals surface area contributed by atoms with Crippen molar-refractivity contribution in [1.29, 1.82) is 0 Å². The third kappa shape index (κ3) is 7.80. The number of hydrogen-bond acceptors (Lipinski definition) is 5. The fourth-order valence-corrected chi connectivity index (χ4v) is 5.22. The fourth-order valence-electron chi connectivity index (χ4n) is 5.10. The Kier molecular flexibility index (Phi) is 9.57. The van der Waals surface area contributed by atoms with Crippen LogP contribution in [0.15, 0.2) is 115 Å². The summed E-state index contributed by atoms with van der Waals surface area (Å²) in [6, 6.07) is 34.9. The van der Waals surface area contributed by atoms with Crippen LogP contribution in [0.2, 0.25) is 5.02 Å². The van der Waals surface area contributed by atoms with Crippen molar-refractivity contribution in [3.8, 4) is 0 Å². The van der Waals surface area contributed by atoms with Crippen LogP contribution >= 0.6 is 11.6 Å². The van der Waals surface area contributed by atoms with Crippen molar-refractivity contribution in [3.05, 3.63) is 154 Å². The molecule has 212 valence electrons. The number of aryl methyl sites for hydroxylation is 1. The van der Waals surface area contributed by atoms with Crippen molar-refractivity contribution in [2.75, 3.05) is 0 Å². The molecule has 0 amide bonds. The van der Waals surface area contributed by atoms with E-state index in [-0.39, 0.29) is 43.0 Å². The molecular weight excluding hydrogens is 546 g/mol. The zero-order chi connectivity index (χ0) is 29.3. The predicted octanol–water partition coefficient (Wildman–Crippen LogP) is 7.56. The lowest BCUT2D eigenvalue weighted by Crippen LogP contribution is -2.20. The van der Waals surface area contributed by atoms with Gasteiger partial charge in [0.1, 0.15) is 12.3 Å². The molecule has 0 saturated carbocycles. The van der Waals surface area contributed by atoms with Crippen LogP contribution in [0.25, 0.3) is 0 Å². The molecule has 0 aliphatic carbocycles. The molecule has 0 bridgehead atoms. The molecule has 0 fully saturated rings. The van der Waals surface area contributed by atoms with Crippen LogP contribution < -0.4 is 0 Å². The predicted molar refractivity (Wildman–Crippen MR) is 163 cm³/mol. The van der Waals surface area contributed by atoms with Gasteiger partial charge >= 0.3 is 5.97 Å². The summed E-state index contributed by atoms with van der Waals surface area (Å²) in [5.74, 6) is -0.941. The van der Waals surface area contributed by atoms with Crippen LogP contribution in [0, 0.1) is 6.92 Å². The number of carbonyl (C=O) groups is 2. The van der Waals surface area contributed by atoms with Crippen molar-refractivity contribution in [2.45, 2.75) is 44.8 Å². The van der Waals surface area contributed by atoms with E-state index >= 15 is 0 Å². The summed E-state index contributed by atoms with van der Waals surface area (Å²) in [7, 11) is 0. The van der Waals surface area contributed by atoms with E-state index in [4.69, 9.17) is 16.3 Å². The molecule has 0 saturated heterocycles. The van der Waals surface area contributed by atoms with Crippen molar-refractivity contribution < 1.29 is 14.3 Å². The first-order chi connectivity index (χ1) is 20.4. The summed E-state index contributed by atoms with van der Waals surface area (Å²) in [4.78, 5) is 26.8. The van der Waals surface area contributed by atoms with Crippen molar-refractivity contribution >= 4 is 23.4 Å². The Morgan fingerprint density at radius 1 is 0.786 bits per heavy atom. The van der Waals surface area contributed by atoms with Gasteiger partial charge in [0.05, 0.1) is 19.2 Å². The van der Waals surface area contributed by atoms with E-state index in [2.05, 4.69) is 10.3 Å². The Balaban J connectivity index is 1.34. The van der Waals surface area contributed by atoms with Gasteiger partial charge in [0, 0.05) is 22.9 Å². The standard InChI is InChI=1S/C35H32ClN3O3/c1-25-12-14-29(15-13-25)34(40)20-32(28-16-18-30(36)19-17-28)33(27-10-6-3-7-11-27)21-35(41)42-24-31-23-39(38-37-31)22-26-8-4-2-5-9-26/h2-19,23,32-33H,20-22,24H2,1H3/t32-,33-/m0/s1. The summed E-state index contributed by atoms with van der Waals surface area (Å²) in [5, 5.41) is 8.95. The van der Waals surface area contributed by atoms with Gasteiger partial charge in [0.2, 0.25) is 0 Å². The number of nitrogens with zero attached hydrogens (tertiary/aromatic N) is 3. The maximum absolute atomic E-state index is 13.5. The second-order valence-corrected chi connectivity index (χ2v) is 10.9. The highest BCUT2D eigenvalue weighted by Gasteiger charge is 2.30. The van der Waals surface area contributed by atoms with Gasteiger partial charge in [-0.25, -0.2) is 4.68 Å². The molecule has 42 heavy (non-hydrogen) atoms. The molecule has 0 unspecified atom stereocenters. The molecule has 2 atom stereocenters. The third-order valence-electron chi connectivity index (χ3n) is 7.33. The maximum Gasteiger partial charge on any atom is 0.306 e. The highest BCUT2D eigenvalue weighted by atomic mass is 35.5. The lowest BCUT2D eigenvalue weighted by molar-refractivity contribution is -0.145. The summed E-state index contributed by atoms with van der Waals surface area (Å²) in [5.41, 5.74) is 5.30. The summed E-state index contributed by atoms with van der Waals surface area (Å²) in [6.45, 7) is 2.59. The molecular formula is C35H32ClN3O3. The first-order valence-electron chi connectivity index (χ1n) is 13.9. The number of hydrogen-bond donors (Lipinski definition) is 0. The summed E-state index contributed by atoms with van der Waals surface area (Å²) >= 11 is 6.21. The topological polar surface area (TPSA) is 74.1 Å². The van der Waals surface area contributed by atoms with Crippen LogP contribution in [0.1, 0.15) is 63.0 Å². The largest absolute Gasteiger partial charge is 0.459 e. The van der Waals surface area contributed by atoms with Gasteiger partial charge in [-0.15, -0.1) is 5.10 Å². The van der Waals surface area contributed by atoms with E-state index in [1.54, 1.807) is 10.9 Å². The smallest absolute Gasteiger partial charge is 0.306 e. The average molecular weight is 578 g/mol. The number of aromatic nitrogens is 3. The molecule has 1 heterocycles. The number of rotatable bonds is 12. The number of carbonyl (C=O) groups excluding carboxylic acids is 2.